The Bertz CT molecular complexity index is 105. The summed E-state index contributed by atoms with van der Waals surface area (Å²) in [6.45, 7) is 3.09. The first-order chi connectivity index (χ1) is 4.33. The predicted molar refractivity (Wildman–Crippen MR) is 36.0 cm³/mol. The van der Waals surface area contributed by atoms with Crippen LogP contribution in [-0.4, -0.2) is 12.7 Å². The van der Waals surface area contributed by atoms with Crippen molar-refractivity contribution in [2.75, 3.05) is 6.54 Å². The SMILES string of the molecule is CC1CCNC(N=O)C1. The van der Waals surface area contributed by atoms with E-state index in [1.54, 1.807) is 0 Å². The molecular formula is C6H12N2O. The van der Waals surface area contributed by atoms with Crippen molar-refractivity contribution in [2.45, 2.75) is 25.9 Å². The van der Waals surface area contributed by atoms with E-state index in [2.05, 4.69) is 17.4 Å². The molecule has 0 spiro atoms. The maximum Gasteiger partial charge on any atom is 0.142 e. The fourth-order valence-electron chi connectivity index (χ4n) is 1.16. The van der Waals surface area contributed by atoms with Gasteiger partial charge in [-0.2, -0.15) is 0 Å². The molecule has 9 heavy (non-hydrogen) atoms. The zero-order chi connectivity index (χ0) is 6.69. The molecule has 1 saturated heterocycles. The van der Waals surface area contributed by atoms with E-state index in [1.807, 2.05) is 0 Å². The average molecular weight is 128 g/mol. The second-order valence-electron chi connectivity index (χ2n) is 2.70. The molecule has 1 aliphatic heterocycles. The van der Waals surface area contributed by atoms with Crippen molar-refractivity contribution in [3.05, 3.63) is 4.91 Å². The molecule has 0 bridgehead atoms. The Morgan fingerprint density at radius 3 is 2.89 bits per heavy atom. The molecule has 1 fully saturated rings. The number of nitrogens with zero attached hydrogens (tertiary/aromatic N) is 1. The number of rotatable bonds is 1. The van der Waals surface area contributed by atoms with Crippen molar-refractivity contribution in [1.82, 2.24) is 5.32 Å². The molecule has 0 aromatic rings. The van der Waals surface area contributed by atoms with Crippen molar-refractivity contribution in [3.8, 4) is 0 Å². The van der Waals surface area contributed by atoms with Crippen LogP contribution < -0.4 is 5.32 Å². The number of hydrogen-bond donors (Lipinski definition) is 1. The highest BCUT2D eigenvalue weighted by Crippen LogP contribution is 2.14. The summed E-state index contributed by atoms with van der Waals surface area (Å²) in [6, 6.07) is 0. The van der Waals surface area contributed by atoms with Crippen LogP contribution >= 0.6 is 0 Å². The highest BCUT2D eigenvalue weighted by Gasteiger charge is 2.17. The molecule has 0 aromatic carbocycles. The Balaban J connectivity index is 2.31. The molecule has 1 heterocycles. The van der Waals surface area contributed by atoms with Crippen molar-refractivity contribution in [3.63, 3.8) is 0 Å². The summed E-state index contributed by atoms with van der Waals surface area (Å²) in [5.41, 5.74) is 0. The van der Waals surface area contributed by atoms with Crippen LogP contribution in [0.2, 0.25) is 0 Å². The van der Waals surface area contributed by atoms with Gasteiger partial charge in [0.25, 0.3) is 0 Å². The molecule has 0 saturated carbocycles. The van der Waals surface area contributed by atoms with Crippen LogP contribution in [0, 0.1) is 10.8 Å². The summed E-state index contributed by atoms with van der Waals surface area (Å²) in [7, 11) is 0. The van der Waals surface area contributed by atoms with Crippen LogP contribution in [0.4, 0.5) is 0 Å². The third-order valence-corrected chi connectivity index (χ3v) is 1.77. The van der Waals surface area contributed by atoms with Crippen LogP contribution in [0.1, 0.15) is 19.8 Å². The van der Waals surface area contributed by atoms with Gasteiger partial charge in [0.05, 0.1) is 0 Å². The van der Waals surface area contributed by atoms with E-state index < -0.39 is 0 Å². The highest BCUT2D eigenvalue weighted by molar-refractivity contribution is 4.73. The molecule has 52 valence electrons. The van der Waals surface area contributed by atoms with E-state index in [1.165, 1.54) is 6.42 Å². The Kier molecular flexibility index (Phi) is 2.16. The molecule has 2 unspecified atom stereocenters. The average Bonchev–Trinajstić information content (AvgIpc) is 1.88. The maximum absolute atomic E-state index is 9.99. The molecule has 0 amide bonds. The van der Waals surface area contributed by atoms with E-state index in [0.29, 0.717) is 5.92 Å². The zero-order valence-electron chi connectivity index (χ0n) is 5.63. The van der Waals surface area contributed by atoms with Gasteiger partial charge in [0.15, 0.2) is 0 Å². The van der Waals surface area contributed by atoms with Gasteiger partial charge in [-0.3, -0.25) is 5.32 Å². The van der Waals surface area contributed by atoms with Gasteiger partial charge in [0.1, 0.15) is 6.17 Å². The van der Waals surface area contributed by atoms with Gasteiger partial charge in [-0.15, -0.1) is 4.91 Å². The van der Waals surface area contributed by atoms with Gasteiger partial charge < -0.3 is 0 Å². The molecule has 3 heteroatoms. The number of nitroso groups, excluding NO2 is 1. The largest absolute Gasteiger partial charge is 0.293 e. The second kappa shape index (κ2) is 2.92. The Hall–Kier alpha value is -0.440. The monoisotopic (exact) mass is 128 g/mol. The minimum absolute atomic E-state index is 0.117. The Morgan fingerprint density at radius 1 is 1.67 bits per heavy atom. The summed E-state index contributed by atoms with van der Waals surface area (Å²) >= 11 is 0. The second-order valence-corrected chi connectivity index (χ2v) is 2.70. The van der Waals surface area contributed by atoms with Crippen LogP contribution in [0.5, 0.6) is 0 Å². The van der Waals surface area contributed by atoms with E-state index in [9.17, 15) is 4.91 Å². The van der Waals surface area contributed by atoms with Gasteiger partial charge >= 0.3 is 0 Å². The van der Waals surface area contributed by atoms with Crippen LogP contribution in [0.15, 0.2) is 5.18 Å². The maximum atomic E-state index is 9.99. The van der Waals surface area contributed by atoms with Crippen molar-refractivity contribution < 1.29 is 0 Å². The predicted octanol–water partition coefficient (Wildman–Crippen LogP) is 1.10. The van der Waals surface area contributed by atoms with E-state index in [0.717, 1.165) is 13.0 Å². The molecule has 2 atom stereocenters. The van der Waals surface area contributed by atoms with Gasteiger partial charge in [-0.25, -0.2) is 0 Å². The standard InChI is InChI=1S/C6H12N2O/c1-5-2-3-7-6(4-5)8-9/h5-7H,2-4H2,1H3. The van der Waals surface area contributed by atoms with Crippen molar-refractivity contribution >= 4 is 0 Å². The quantitative estimate of drug-likeness (QED) is 0.537. The van der Waals surface area contributed by atoms with Gasteiger partial charge in [-0.1, -0.05) is 12.1 Å². The molecule has 1 rings (SSSR count). The van der Waals surface area contributed by atoms with Crippen molar-refractivity contribution in [1.29, 1.82) is 0 Å². The summed E-state index contributed by atoms with van der Waals surface area (Å²) < 4.78 is 0. The summed E-state index contributed by atoms with van der Waals surface area (Å²) in [6.07, 6.45) is 1.96. The fourth-order valence-corrected chi connectivity index (χ4v) is 1.16. The Morgan fingerprint density at radius 2 is 2.44 bits per heavy atom. The first kappa shape index (κ1) is 6.68. The number of nitrogens with one attached hydrogen (secondary N) is 1. The fraction of sp³-hybridized carbons (Fsp3) is 1.00. The minimum Gasteiger partial charge on any atom is -0.293 e. The first-order valence-electron chi connectivity index (χ1n) is 3.39. The lowest BCUT2D eigenvalue weighted by Gasteiger charge is -2.22. The van der Waals surface area contributed by atoms with Crippen LogP contribution in [0.3, 0.4) is 0 Å². The minimum atomic E-state index is -0.117. The number of piperidine rings is 1. The van der Waals surface area contributed by atoms with Crippen LogP contribution in [0.25, 0.3) is 0 Å². The number of hydrogen-bond acceptors (Lipinski definition) is 3. The highest BCUT2D eigenvalue weighted by atomic mass is 16.3. The summed E-state index contributed by atoms with van der Waals surface area (Å²) in [5.74, 6) is 0.661. The van der Waals surface area contributed by atoms with E-state index >= 15 is 0 Å². The lowest BCUT2D eigenvalue weighted by Crippen LogP contribution is -2.35. The molecule has 0 aliphatic carbocycles. The lowest BCUT2D eigenvalue weighted by atomic mass is 9.99. The third-order valence-electron chi connectivity index (χ3n) is 1.77. The summed E-state index contributed by atoms with van der Waals surface area (Å²) in [5, 5.41) is 5.96. The zero-order valence-corrected chi connectivity index (χ0v) is 5.63. The molecule has 0 aromatic heterocycles. The molecule has 3 nitrogen and oxygen atoms in total. The van der Waals surface area contributed by atoms with E-state index in [4.69, 9.17) is 0 Å². The topological polar surface area (TPSA) is 41.5 Å². The molecule has 0 radical (unpaired) electrons. The molecule has 1 aliphatic rings. The summed E-state index contributed by atoms with van der Waals surface area (Å²) in [4.78, 5) is 9.99. The van der Waals surface area contributed by atoms with Gasteiger partial charge in [0, 0.05) is 0 Å². The van der Waals surface area contributed by atoms with Gasteiger partial charge in [0.2, 0.25) is 0 Å². The smallest absolute Gasteiger partial charge is 0.142 e. The van der Waals surface area contributed by atoms with E-state index in [-0.39, 0.29) is 6.17 Å². The molecule has 1 N–H and O–H groups in total. The lowest BCUT2D eigenvalue weighted by molar-refractivity contribution is 0.326. The molecular weight excluding hydrogens is 116 g/mol. The van der Waals surface area contributed by atoms with Crippen molar-refractivity contribution in [2.24, 2.45) is 11.1 Å². The van der Waals surface area contributed by atoms with Gasteiger partial charge in [-0.05, 0) is 25.3 Å². The Labute approximate surface area is 54.8 Å². The first-order valence-corrected chi connectivity index (χ1v) is 3.39. The van der Waals surface area contributed by atoms with Crippen LogP contribution in [-0.2, 0) is 0 Å². The third kappa shape index (κ3) is 1.75. The normalized spacial score (nSPS) is 36.1.